The van der Waals surface area contributed by atoms with Gasteiger partial charge in [-0.25, -0.2) is 4.57 Å². The van der Waals surface area contributed by atoms with Gasteiger partial charge in [0.05, 0.1) is 13.2 Å². The third kappa shape index (κ3) is 51.4. The molecule has 0 fully saturated rings. The first kappa shape index (κ1) is 63.1. The van der Waals surface area contributed by atoms with Gasteiger partial charge in [-0.2, -0.15) is 0 Å². The normalized spacial score (nSPS) is 14.3. The molecule has 0 heterocycles. The quantitative estimate of drug-likeness (QED) is 0.0265. The molecule has 0 aromatic rings. The van der Waals surface area contributed by atoms with Gasteiger partial charge in [0.1, 0.15) is 6.61 Å². The van der Waals surface area contributed by atoms with Gasteiger partial charge in [0.25, 0.3) is 0 Å². The van der Waals surface area contributed by atoms with Crippen LogP contribution in [0.5, 0.6) is 0 Å². The summed E-state index contributed by atoms with van der Waals surface area (Å²) >= 11 is 0. The molecule has 67 heavy (non-hydrogen) atoms. The van der Waals surface area contributed by atoms with Gasteiger partial charge in [0.2, 0.25) is 0 Å². The Kier molecular flexibility index (Phi) is 48.6. The highest BCUT2D eigenvalue weighted by Crippen LogP contribution is 2.43. The Morgan fingerprint density at radius 1 is 0.463 bits per heavy atom. The van der Waals surface area contributed by atoms with Crippen molar-refractivity contribution in [3.8, 4) is 0 Å². The molecule has 0 aromatic heterocycles. The molecule has 2 atom stereocenters. The summed E-state index contributed by atoms with van der Waals surface area (Å²) in [5.74, 6) is -0.867. The van der Waals surface area contributed by atoms with E-state index >= 15 is 0 Å². The summed E-state index contributed by atoms with van der Waals surface area (Å²) in [5, 5.41) is 0. The number of esters is 2. The summed E-state index contributed by atoms with van der Waals surface area (Å²) in [7, 11) is -4.38. The Bertz CT molecular complexity index is 1550. The first-order valence-electron chi connectivity index (χ1n) is 25.7. The Morgan fingerprint density at radius 3 is 1.22 bits per heavy atom. The molecule has 0 saturated carbocycles. The summed E-state index contributed by atoms with van der Waals surface area (Å²) < 4.78 is 32.6. The van der Waals surface area contributed by atoms with E-state index in [1.54, 1.807) is 0 Å². The van der Waals surface area contributed by atoms with Crippen molar-refractivity contribution in [2.24, 2.45) is 5.73 Å². The Labute approximate surface area is 408 Å². The number of phosphoric acid groups is 1. The summed E-state index contributed by atoms with van der Waals surface area (Å²) in [6.45, 7) is 3.47. The standard InChI is InChI=1S/C57H92NO8P/c1-3-5-7-9-10-11-12-13-14-15-16-17-18-19-20-21-22-23-24-25-26-27-28-29-30-31-32-33-34-35-36-37-38-39-40-41-42-43-44-46-48-50-57(60)66-55(54-65-67(61,62)64-52-51-58)53-63-56(59)49-47-45-8-6-4-2/h5,7,10-11,13-14,16-17,19-20,22-23,25-26,28-29,31-32,34-35,37-38,55H,3-4,6,8-9,12,15,18,21,24,27,30,33,36,39-54,58H2,1-2H3,(H,61,62)/b7-5-,11-10-,14-13-,17-16-,20-19-,23-22-,26-25-,29-28-,32-31-,35-34-,38-37-. The second-order valence-corrected chi connectivity index (χ2v) is 17.8. The van der Waals surface area contributed by atoms with E-state index in [1.165, 1.54) is 12.8 Å². The van der Waals surface area contributed by atoms with E-state index < -0.39 is 32.5 Å². The van der Waals surface area contributed by atoms with E-state index in [4.69, 9.17) is 24.3 Å². The molecule has 0 saturated heterocycles. The average molecular weight is 950 g/mol. The van der Waals surface area contributed by atoms with E-state index in [0.29, 0.717) is 6.42 Å². The van der Waals surface area contributed by atoms with Crippen molar-refractivity contribution in [2.45, 2.75) is 187 Å². The summed E-state index contributed by atoms with van der Waals surface area (Å²) in [4.78, 5) is 34.6. The number of hydrogen-bond acceptors (Lipinski definition) is 8. The topological polar surface area (TPSA) is 134 Å². The third-order valence-corrected chi connectivity index (χ3v) is 11.0. The van der Waals surface area contributed by atoms with Crippen LogP contribution in [0.25, 0.3) is 0 Å². The molecule has 3 N–H and O–H groups in total. The van der Waals surface area contributed by atoms with Crippen molar-refractivity contribution in [1.82, 2.24) is 0 Å². The predicted molar refractivity (Wildman–Crippen MR) is 284 cm³/mol. The zero-order valence-corrected chi connectivity index (χ0v) is 42.7. The maximum absolute atomic E-state index is 12.5. The molecular weight excluding hydrogens is 858 g/mol. The number of carbonyl (C=O) groups is 2. The van der Waals surface area contributed by atoms with Gasteiger partial charge in [-0.3, -0.25) is 18.6 Å². The zero-order chi connectivity index (χ0) is 48.8. The number of rotatable bonds is 46. The van der Waals surface area contributed by atoms with Gasteiger partial charge < -0.3 is 20.1 Å². The van der Waals surface area contributed by atoms with Crippen LogP contribution in [0.4, 0.5) is 0 Å². The predicted octanol–water partition coefficient (Wildman–Crippen LogP) is 15.8. The fourth-order valence-electron chi connectivity index (χ4n) is 6.28. The van der Waals surface area contributed by atoms with Crippen molar-refractivity contribution in [3.63, 3.8) is 0 Å². The van der Waals surface area contributed by atoms with Gasteiger partial charge in [0.15, 0.2) is 6.10 Å². The van der Waals surface area contributed by atoms with E-state index in [2.05, 4.69) is 148 Å². The molecule has 0 radical (unpaired) electrons. The number of nitrogens with two attached hydrogens (primary N) is 1. The van der Waals surface area contributed by atoms with Gasteiger partial charge in [0, 0.05) is 19.4 Å². The fraction of sp³-hybridized carbons (Fsp3) is 0.579. The number of ether oxygens (including phenoxy) is 2. The van der Waals surface area contributed by atoms with Crippen molar-refractivity contribution in [3.05, 3.63) is 134 Å². The maximum atomic E-state index is 12.5. The van der Waals surface area contributed by atoms with Crippen LogP contribution < -0.4 is 5.73 Å². The number of allylic oxidation sites excluding steroid dienone is 22. The molecule has 0 aliphatic carbocycles. The molecule has 0 aliphatic rings. The largest absolute Gasteiger partial charge is 0.472 e. The first-order valence-corrected chi connectivity index (χ1v) is 27.2. The molecular formula is C57H92NO8P. The molecule has 9 nitrogen and oxygen atoms in total. The first-order chi connectivity index (χ1) is 32.8. The molecule has 2 unspecified atom stereocenters. The highest BCUT2D eigenvalue weighted by molar-refractivity contribution is 7.47. The van der Waals surface area contributed by atoms with Crippen LogP contribution in [0.15, 0.2) is 134 Å². The van der Waals surface area contributed by atoms with Crippen LogP contribution in [-0.2, 0) is 32.7 Å². The van der Waals surface area contributed by atoms with Gasteiger partial charge in [-0.1, -0.05) is 205 Å². The fourth-order valence-corrected chi connectivity index (χ4v) is 7.05. The molecule has 0 aliphatic heterocycles. The molecule has 0 amide bonds. The molecule has 0 rings (SSSR count). The van der Waals surface area contributed by atoms with Crippen LogP contribution in [0.3, 0.4) is 0 Å². The van der Waals surface area contributed by atoms with Gasteiger partial charge in [-0.15, -0.1) is 0 Å². The molecule has 0 aromatic carbocycles. The van der Waals surface area contributed by atoms with E-state index in [-0.39, 0.29) is 32.6 Å². The third-order valence-electron chi connectivity index (χ3n) is 10.1. The molecule has 10 heteroatoms. The van der Waals surface area contributed by atoms with E-state index in [0.717, 1.165) is 135 Å². The second-order valence-electron chi connectivity index (χ2n) is 16.3. The van der Waals surface area contributed by atoms with Crippen LogP contribution >= 0.6 is 7.82 Å². The molecule has 378 valence electrons. The summed E-state index contributed by atoms with van der Waals surface area (Å²) in [6.07, 6.45) is 72.8. The lowest BCUT2D eigenvalue weighted by atomic mass is 10.1. The second kappa shape index (κ2) is 51.5. The van der Waals surface area contributed by atoms with Gasteiger partial charge >= 0.3 is 19.8 Å². The Balaban J connectivity index is 3.91. The average Bonchev–Trinajstić information content (AvgIpc) is 3.32. The maximum Gasteiger partial charge on any atom is 0.472 e. The minimum absolute atomic E-state index is 0.0456. The zero-order valence-electron chi connectivity index (χ0n) is 41.8. The van der Waals surface area contributed by atoms with Crippen LogP contribution in [-0.4, -0.2) is 49.3 Å². The van der Waals surface area contributed by atoms with Crippen LogP contribution in [0, 0.1) is 0 Å². The molecule has 0 bridgehead atoms. The molecule has 0 spiro atoms. The van der Waals surface area contributed by atoms with Crippen molar-refractivity contribution >= 4 is 19.8 Å². The lowest BCUT2D eigenvalue weighted by Crippen LogP contribution is -2.29. The van der Waals surface area contributed by atoms with E-state index in [1.807, 2.05) is 0 Å². The highest BCUT2D eigenvalue weighted by atomic mass is 31.2. The number of phosphoric ester groups is 1. The van der Waals surface area contributed by atoms with Crippen LogP contribution in [0.2, 0.25) is 0 Å². The number of hydrogen-bond donors (Lipinski definition) is 2. The highest BCUT2D eigenvalue weighted by Gasteiger charge is 2.26. The van der Waals surface area contributed by atoms with Gasteiger partial charge in [-0.05, 0) is 96.3 Å². The van der Waals surface area contributed by atoms with Crippen molar-refractivity contribution in [1.29, 1.82) is 0 Å². The summed E-state index contributed by atoms with van der Waals surface area (Å²) in [5.41, 5.74) is 5.33. The van der Waals surface area contributed by atoms with Crippen molar-refractivity contribution < 1.29 is 37.6 Å². The van der Waals surface area contributed by atoms with E-state index in [9.17, 15) is 19.0 Å². The monoisotopic (exact) mass is 950 g/mol. The number of carbonyl (C=O) groups excluding carboxylic acids is 2. The SMILES string of the molecule is CC/C=C\C/C=C\C/C=C\C/C=C\C/C=C\C/C=C\C/C=C\C/C=C\C/C=C\C/C=C\C/C=C\CCCCCCCCCC(=O)OC(COC(=O)CCCCCCC)COP(=O)(O)OCCN. The Hall–Kier alpha value is -3.85. The Morgan fingerprint density at radius 2 is 0.821 bits per heavy atom. The number of unbranched alkanes of at least 4 members (excludes halogenated alkanes) is 11. The van der Waals surface area contributed by atoms with Crippen LogP contribution in [0.1, 0.15) is 181 Å². The van der Waals surface area contributed by atoms with Crippen molar-refractivity contribution in [2.75, 3.05) is 26.4 Å². The smallest absolute Gasteiger partial charge is 0.462 e. The summed E-state index contributed by atoms with van der Waals surface area (Å²) in [6, 6.07) is 0. The lowest BCUT2D eigenvalue weighted by Gasteiger charge is -2.19. The minimum Gasteiger partial charge on any atom is -0.462 e. The minimum atomic E-state index is -4.38. The lowest BCUT2D eigenvalue weighted by molar-refractivity contribution is -0.161.